The summed E-state index contributed by atoms with van der Waals surface area (Å²) in [5, 5.41) is 11.7. The molecule has 0 amide bonds. The summed E-state index contributed by atoms with van der Waals surface area (Å²) < 4.78 is 0. The van der Waals surface area contributed by atoms with Gasteiger partial charge in [0.05, 0.1) is 0 Å². The maximum Gasteiger partial charge on any atom is 0.116 e. The number of hydrogen-bond donors (Lipinski definition) is 1. The first-order valence-corrected chi connectivity index (χ1v) is 7.30. The van der Waals surface area contributed by atoms with Crippen LogP contribution < -0.4 is 0 Å². The standard InChI is InChI=1S/C19H19NO/c1-13(2)10-19-18(4-3-9-20-19)16-6-5-15-12-17(21)8-7-14(15)11-16/h3-9,11-13,21H,10H2,1-2H3. The molecule has 0 fully saturated rings. The van der Waals surface area contributed by atoms with Crippen LogP contribution in [0.4, 0.5) is 0 Å². The predicted octanol–water partition coefficient (Wildman–Crippen LogP) is 4.81. The van der Waals surface area contributed by atoms with Crippen molar-refractivity contribution in [1.82, 2.24) is 4.98 Å². The van der Waals surface area contributed by atoms with Crippen LogP contribution in [-0.2, 0) is 6.42 Å². The second kappa shape index (κ2) is 5.57. The highest BCUT2D eigenvalue weighted by Crippen LogP contribution is 2.29. The van der Waals surface area contributed by atoms with Gasteiger partial charge in [-0.2, -0.15) is 0 Å². The fourth-order valence-corrected chi connectivity index (χ4v) is 2.65. The number of pyridine rings is 1. The molecule has 2 heteroatoms. The molecular weight excluding hydrogens is 258 g/mol. The fraction of sp³-hybridized carbons (Fsp3) is 0.211. The van der Waals surface area contributed by atoms with Crippen LogP contribution in [0.3, 0.4) is 0 Å². The highest BCUT2D eigenvalue weighted by atomic mass is 16.3. The van der Waals surface area contributed by atoms with Crippen LogP contribution in [0.15, 0.2) is 54.7 Å². The summed E-state index contributed by atoms with van der Waals surface area (Å²) in [4.78, 5) is 4.55. The molecule has 0 unspecified atom stereocenters. The molecular formula is C19H19NO. The van der Waals surface area contributed by atoms with Crippen molar-refractivity contribution < 1.29 is 5.11 Å². The van der Waals surface area contributed by atoms with Crippen molar-refractivity contribution in [2.75, 3.05) is 0 Å². The molecule has 0 saturated carbocycles. The maximum absolute atomic E-state index is 9.55. The molecule has 0 aliphatic carbocycles. The molecule has 1 heterocycles. The zero-order valence-corrected chi connectivity index (χ0v) is 12.4. The van der Waals surface area contributed by atoms with Crippen LogP contribution in [-0.4, -0.2) is 10.1 Å². The number of hydrogen-bond acceptors (Lipinski definition) is 2. The van der Waals surface area contributed by atoms with Gasteiger partial charge in [-0.1, -0.05) is 38.1 Å². The van der Waals surface area contributed by atoms with E-state index in [2.05, 4.69) is 43.1 Å². The first kappa shape index (κ1) is 13.6. The molecule has 0 aliphatic rings. The maximum atomic E-state index is 9.55. The Balaban J connectivity index is 2.10. The molecule has 2 nitrogen and oxygen atoms in total. The van der Waals surface area contributed by atoms with Gasteiger partial charge in [0, 0.05) is 17.5 Å². The Morgan fingerprint density at radius 2 is 1.76 bits per heavy atom. The number of aromatic nitrogens is 1. The van der Waals surface area contributed by atoms with E-state index >= 15 is 0 Å². The number of nitrogens with zero attached hydrogens (tertiary/aromatic N) is 1. The molecule has 0 saturated heterocycles. The van der Waals surface area contributed by atoms with E-state index in [0.29, 0.717) is 11.7 Å². The number of phenols is 1. The van der Waals surface area contributed by atoms with E-state index in [4.69, 9.17) is 0 Å². The average Bonchev–Trinajstić information content (AvgIpc) is 2.47. The Morgan fingerprint density at radius 1 is 1.00 bits per heavy atom. The molecule has 0 spiro atoms. The number of rotatable bonds is 3. The summed E-state index contributed by atoms with van der Waals surface area (Å²) >= 11 is 0. The van der Waals surface area contributed by atoms with Crippen molar-refractivity contribution in [3.05, 3.63) is 60.4 Å². The van der Waals surface area contributed by atoms with Crippen molar-refractivity contribution in [2.45, 2.75) is 20.3 Å². The van der Waals surface area contributed by atoms with Crippen molar-refractivity contribution in [3.63, 3.8) is 0 Å². The van der Waals surface area contributed by atoms with Crippen LogP contribution in [0.2, 0.25) is 0 Å². The van der Waals surface area contributed by atoms with Gasteiger partial charge in [-0.05, 0) is 52.9 Å². The van der Waals surface area contributed by atoms with E-state index in [1.54, 1.807) is 12.1 Å². The van der Waals surface area contributed by atoms with Crippen molar-refractivity contribution in [3.8, 4) is 16.9 Å². The van der Waals surface area contributed by atoms with Crippen LogP contribution in [0.1, 0.15) is 19.5 Å². The number of fused-ring (bicyclic) bond motifs is 1. The van der Waals surface area contributed by atoms with Crippen molar-refractivity contribution >= 4 is 10.8 Å². The zero-order chi connectivity index (χ0) is 14.8. The topological polar surface area (TPSA) is 33.1 Å². The monoisotopic (exact) mass is 277 g/mol. The normalized spacial score (nSPS) is 11.2. The molecule has 3 rings (SSSR count). The van der Waals surface area contributed by atoms with Gasteiger partial charge in [-0.3, -0.25) is 4.98 Å². The lowest BCUT2D eigenvalue weighted by atomic mass is 9.96. The molecule has 0 bridgehead atoms. The van der Waals surface area contributed by atoms with E-state index in [9.17, 15) is 5.11 Å². The second-order valence-electron chi connectivity index (χ2n) is 5.84. The highest BCUT2D eigenvalue weighted by molar-refractivity contribution is 5.88. The van der Waals surface area contributed by atoms with Crippen LogP contribution in [0.25, 0.3) is 21.9 Å². The Hall–Kier alpha value is -2.35. The quantitative estimate of drug-likeness (QED) is 0.745. The minimum atomic E-state index is 0.303. The summed E-state index contributed by atoms with van der Waals surface area (Å²) in [5.74, 6) is 0.883. The van der Waals surface area contributed by atoms with Crippen molar-refractivity contribution in [2.24, 2.45) is 5.92 Å². The van der Waals surface area contributed by atoms with E-state index < -0.39 is 0 Å². The Bertz CT molecular complexity index is 777. The number of aromatic hydroxyl groups is 1. The van der Waals surface area contributed by atoms with Gasteiger partial charge >= 0.3 is 0 Å². The summed E-state index contributed by atoms with van der Waals surface area (Å²) in [5.41, 5.74) is 3.52. The van der Waals surface area contributed by atoms with E-state index in [1.807, 2.05) is 18.3 Å². The lowest BCUT2D eigenvalue weighted by Crippen LogP contribution is -1.99. The largest absolute Gasteiger partial charge is 0.508 e. The molecule has 0 atom stereocenters. The van der Waals surface area contributed by atoms with Crippen LogP contribution >= 0.6 is 0 Å². The average molecular weight is 277 g/mol. The Labute approximate surface area is 125 Å². The highest BCUT2D eigenvalue weighted by Gasteiger charge is 2.08. The molecule has 3 aromatic rings. The summed E-state index contributed by atoms with van der Waals surface area (Å²) in [6.45, 7) is 4.42. The SMILES string of the molecule is CC(C)Cc1ncccc1-c1ccc2cc(O)ccc2c1. The van der Waals surface area contributed by atoms with E-state index in [1.165, 1.54) is 11.1 Å². The van der Waals surface area contributed by atoms with Crippen LogP contribution in [0.5, 0.6) is 5.75 Å². The van der Waals surface area contributed by atoms with Gasteiger partial charge in [0.25, 0.3) is 0 Å². The molecule has 106 valence electrons. The Kier molecular flexibility index (Phi) is 3.61. The van der Waals surface area contributed by atoms with E-state index in [0.717, 1.165) is 22.9 Å². The lowest BCUT2D eigenvalue weighted by molar-refractivity contribution is 0.476. The lowest BCUT2D eigenvalue weighted by Gasteiger charge is -2.11. The molecule has 1 aromatic heterocycles. The molecule has 2 aromatic carbocycles. The van der Waals surface area contributed by atoms with Crippen molar-refractivity contribution in [1.29, 1.82) is 0 Å². The van der Waals surface area contributed by atoms with Gasteiger partial charge < -0.3 is 5.11 Å². The summed E-state index contributed by atoms with van der Waals surface area (Å²) in [7, 11) is 0. The fourth-order valence-electron chi connectivity index (χ4n) is 2.65. The third-order valence-corrected chi connectivity index (χ3v) is 3.63. The minimum Gasteiger partial charge on any atom is -0.508 e. The number of benzene rings is 2. The van der Waals surface area contributed by atoms with Gasteiger partial charge in [0.15, 0.2) is 0 Å². The third kappa shape index (κ3) is 2.89. The number of phenolic OH excluding ortho intramolecular Hbond substituents is 1. The third-order valence-electron chi connectivity index (χ3n) is 3.63. The minimum absolute atomic E-state index is 0.303. The zero-order valence-electron chi connectivity index (χ0n) is 12.4. The van der Waals surface area contributed by atoms with Gasteiger partial charge in [-0.25, -0.2) is 0 Å². The molecule has 21 heavy (non-hydrogen) atoms. The summed E-state index contributed by atoms with van der Waals surface area (Å²) in [6.07, 6.45) is 2.84. The van der Waals surface area contributed by atoms with Gasteiger partial charge in [-0.15, -0.1) is 0 Å². The molecule has 0 aliphatic heterocycles. The Morgan fingerprint density at radius 3 is 2.57 bits per heavy atom. The first-order valence-electron chi connectivity index (χ1n) is 7.30. The molecule has 1 N–H and O–H groups in total. The van der Waals surface area contributed by atoms with Crippen LogP contribution in [0, 0.1) is 5.92 Å². The summed E-state index contributed by atoms with van der Waals surface area (Å²) in [6, 6.07) is 15.9. The second-order valence-corrected chi connectivity index (χ2v) is 5.84. The van der Waals surface area contributed by atoms with E-state index in [-0.39, 0.29) is 0 Å². The first-order chi connectivity index (χ1) is 10.1. The predicted molar refractivity (Wildman–Crippen MR) is 87.4 cm³/mol. The smallest absolute Gasteiger partial charge is 0.116 e. The molecule has 0 radical (unpaired) electrons. The van der Waals surface area contributed by atoms with Gasteiger partial charge in [0.2, 0.25) is 0 Å². The van der Waals surface area contributed by atoms with Gasteiger partial charge in [0.1, 0.15) is 5.75 Å².